The van der Waals surface area contributed by atoms with Crippen molar-refractivity contribution in [1.29, 1.82) is 0 Å². The van der Waals surface area contributed by atoms with Gasteiger partial charge in [0.15, 0.2) is 0 Å². The normalized spacial score (nSPS) is 10.4. The van der Waals surface area contributed by atoms with Crippen LogP contribution in [0.15, 0.2) is 23.7 Å². The smallest absolute Gasteiger partial charge is 0.144 e. The molecule has 0 radical (unpaired) electrons. The van der Waals surface area contributed by atoms with Crippen LogP contribution in [0.3, 0.4) is 0 Å². The van der Waals surface area contributed by atoms with Gasteiger partial charge in [0.05, 0.1) is 11.5 Å². The average Bonchev–Trinajstić information content (AvgIpc) is 2.74. The summed E-state index contributed by atoms with van der Waals surface area (Å²) in [5.74, 6) is 1.54. The van der Waals surface area contributed by atoms with E-state index < -0.39 is 0 Å². The third kappa shape index (κ3) is 2.05. The van der Waals surface area contributed by atoms with Crippen LogP contribution in [-0.4, -0.2) is 17.0 Å². The second-order valence-electron chi connectivity index (χ2n) is 3.50. The molecule has 0 aromatic carbocycles. The van der Waals surface area contributed by atoms with Gasteiger partial charge in [-0.05, 0) is 30.0 Å². The van der Waals surface area contributed by atoms with Gasteiger partial charge in [-0.3, -0.25) is 0 Å². The quantitative estimate of drug-likeness (QED) is 0.883. The maximum atomic E-state index is 5.53. The third-order valence-electron chi connectivity index (χ3n) is 2.36. The van der Waals surface area contributed by atoms with E-state index in [2.05, 4.69) is 33.2 Å². The van der Waals surface area contributed by atoms with Crippen molar-refractivity contribution >= 4 is 22.2 Å². The largest absolute Gasteiger partial charge is 0.324 e. The maximum absolute atomic E-state index is 5.53. The van der Waals surface area contributed by atoms with Crippen LogP contribution in [0.4, 0.5) is 10.8 Å². The molecule has 2 heterocycles. The van der Waals surface area contributed by atoms with Gasteiger partial charge in [0, 0.05) is 13.2 Å². The van der Waals surface area contributed by atoms with Crippen molar-refractivity contribution in [3.63, 3.8) is 0 Å². The minimum Gasteiger partial charge on any atom is -0.324 e. The monoisotopic (exact) mass is 234 g/mol. The molecule has 16 heavy (non-hydrogen) atoms. The zero-order chi connectivity index (χ0) is 11.5. The molecule has 0 saturated heterocycles. The SMILES string of the molecule is Cc1ccsc1N(C)c1ccnc(CN)n1. The molecule has 5 heteroatoms. The Bertz CT molecular complexity index is 480. The van der Waals surface area contributed by atoms with Crippen LogP contribution in [0, 0.1) is 6.92 Å². The summed E-state index contributed by atoms with van der Waals surface area (Å²) >= 11 is 1.70. The molecule has 0 aliphatic heterocycles. The lowest BCUT2D eigenvalue weighted by Gasteiger charge is -2.17. The minimum atomic E-state index is 0.366. The van der Waals surface area contributed by atoms with E-state index in [1.54, 1.807) is 17.5 Å². The van der Waals surface area contributed by atoms with E-state index >= 15 is 0 Å². The molecule has 84 valence electrons. The van der Waals surface area contributed by atoms with E-state index in [0.29, 0.717) is 12.4 Å². The van der Waals surface area contributed by atoms with E-state index in [9.17, 15) is 0 Å². The molecular formula is C11H14N4S. The summed E-state index contributed by atoms with van der Waals surface area (Å²) in [6.45, 7) is 2.46. The first-order valence-electron chi connectivity index (χ1n) is 5.02. The van der Waals surface area contributed by atoms with Gasteiger partial charge in [0.25, 0.3) is 0 Å². The Hall–Kier alpha value is -1.46. The lowest BCUT2D eigenvalue weighted by molar-refractivity contribution is 0.900. The van der Waals surface area contributed by atoms with E-state index in [-0.39, 0.29) is 0 Å². The van der Waals surface area contributed by atoms with Crippen LogP contribution < -0.4 is 10.6 Å². The number of nitrogens with zero attached hydrogens (tertiary/aromatic N) is 3. The van der Waals surface area contributed by atoms with Gasteiger partial charge < -0.3 is 10.6 Å². The Kier molecular flexibility index (Phi) is 3.17. The zero-order valence-electron chi connectivity index (χ0n) is 9.34. The summed E-state index contributed by atoms with van der Waals surface area (Å²) in [5.41, 5.74) is 6.78. The van der Waals surface area contributed by atoms with Crippen LogP contribution in [0.25, 0.3) is 0 Å². The van der Waals surface area contributed by atoms with Crippen LogP contribution in [0.5, 0.6) is 0 Å². The van der Waals surface area contributed by atoms with Crippen molar-refractivity contribution < 1.29 is 0 Å². The van der Waals surface area contributed by atoms with E-state index in [0.717, 1.165) is 5.82 Å². The van der Waals surface area contributed by atoms with Crippen molar-refractivity contribution in [2.75, 3.05) is 11.9 Å². The molecular weight excluding hydrogens is 220 g/mol. The fourth-order valence-electron chi connectivity index (χ4n) is 1.49. The highest BCUT2D eigenvalue weighted by molar-refractivity contribution is 7.14. The molecule has 0 saturated carbocycles. The number of anilines is 2. The van der Waals surface area contributed by atoms with Gasteiger partial charge in [-0.15, -0.1) is 11.3 Å². The molecule has 0 atom stereocenters. The number of hydrogen-bond acceptors (Lipinski definition) is 5. The van der Waals surface area contributed by atoms with Gasteiger partial charge in [0.2, 0.25) is 0 Å². The number of aryl methyl sites for hydroxylation is 1. The second-order valence-corrected chi connectivity index (χ2v) is 4.40. The Morgan fingerprint density at radius 2 is 2.25 bits per heavy atom. The van der Waals surface area contributed by atoms with Gasteiger partial charge >= 0.3 is 0 Å². The Morgan fingerprint density at radius 1 is 1.44 bits per heavy atom. The van der Waals surface area contributed by atoms with Gasteiger partial charge in [0.1, 0.15) is 11.6 Å². The average molecular weight is 234 g/mol. The standard InChI is InChI=1S/C11H14N4S/c1-8-4-6-16-11(8)15(2)10-3-5-13-9(7-12)14-10/h3-6H,7,12H2,1-2H3. The molecule has 2 rings (SSSR count). The molecule has 0 aliphatic carbocycles. The van der Waals surface area contributed by atoms with E-state index in [1.165, 1.54) is 10.6 Å². The number of rotatable bonds is 3. The van der Waals surface area contributed by atoms with Crippen molar-refractivity contribution in [3.05, 3.63) is 35.1 Å². The fraction of sp³-hybridized carbons (Fsp3) is 0.273. The summed E-state index contributed by atoms with van der Waals surface area (Å²) in [6, 6.07) is 3.99. The summed E-state index contributed by atoms with van der Waals surface area (Å²) in [6.07, 6.45) is 1.74. The van der Waals surface area contributed by atoms with E-state index in [1.807, 2.05) is 13.1 Å². The Morgan fingerprint density at radius 3 is 2.88 bits per heavy atom. The molecule has 2 N–H and O–H groups in total. The maximum Gasteiger partial charge on any atom is 0.144 e. The number of hydrogen-bond donors (Lipinski definition) is 1. The molecule has 2 aromatic heterocycles. The molecule has 0 amide bonds. The number of nitrogens with two attached hydrogens (primary N) is 1. The summed E-state index contributed by atoms with van der Waals surface area (Å²) < 4.78 is 0. The van der Waals surface area contributed by atoms with Crippen molar-refractivity contribution in [1.82, 2.24) is 9.97 Å². The van der Waals surface area contributed by atoms with Crippen molar-refractivity contribution in [3.8, 4) is 0 Å². The summed E-state index contributed by atoms with van der Waals surface area (Å²) in [5, 5.41) is 3.27. The van der Waals surface area contributed by atoms with Crippen molar-refractivity contribution in [2.45, 2.75) is 13.5 Å². The Balaban J connectivity index is 2.33. The lowest BCUT2D eigenvalue weighted by atomic mass is 10.3. The highest BCUT2D eigenvalue weighted by Crippen LogP contribution is 2.30. The number of aromatic nitrogens is 2. The van der Waals surface area contributed by atoms with Gasteiger partial charge in [-0.1, -0.05) is 0 Å². The van der Waals surface area contributed by atoms with Gasteiger partial charge in [-0.25, -0.2) is 9.97 Å². The fourth-order valence-corrected chi connectivity index (χ4v) is 2.39. The Labute approximate surface area is 98.8 Å². The molecule has 0 spiro atoms. The third-order valence-corrected chi connectivity index (χ3v) is 3.45. The first-order valence-corrected chi connectivity index (χ1v) is 5.90. The molecule has 0 unspecified atom stereocenters. The second kappa shape index (κ2) is 4.59. The highest BCUT2D eigenvalue weighted by Gasteiger charge is 2.09. The van der Waals surface area contributed by atoms with Gasteiger partial charge in [-0.2, -0.15) is 0 Å². The van der Waals surface area contributed by atoms with Crippen LogP contribution in [-0.2, 0) is 6.54 Å². The van der Waals surface area contributed by atoms with Crippen LogP contribution in [0.2, 0.25) is 0 Å². The van der Waals surface area contributed by atoms with Crippen molar-refractivity contribution in [2.24, 2.45) is 5.73 Å². The first-order chi connectivity index (χ1) is 7.72. The number of thiophene rings is 1. The van der Waals surface area contributed by atoms with Crippen LogP contribution in [0.1, 0.15) is 11.4 Å². The van der Waals surface area contributed by atoms with E-state index in [4.69, 9.17) is 5.73 Å². The minimum absolute atomic E-state index is 0.366. The summed E-state index contributed by atoms with van der Waals surface area (Å²) in [4.78, 5) is 10.5. The molecule has 0 fully saturated rings. The first kappa shape index (κ1) is 11.0. The predicted octanol–water partition coefficient (Wildman–Crippen LogP) is 2.07. The lowest BCUT2D eigenvalue weighted by Crippen LogP contribution is -2.13. The highest BCUT2D eigenvalue weighted by atomic mass is 32.1. The zero-order valence-corrected chi connectivity index (χ0v) is 10.2. The summed E-state index contributed by atoms with van der Waals surface area (Å²) in [7, 11) is 2.00. The molecule has 0 aliphatic rings. The topological polar surface area (TPSA) is 55.0 Å². The molecule has 4 nitrogen and oxygen atoms in total. The predicted molar refractivity (Wildman–Crippen MR) is 67.0 cm³/mol. The molecule has 2 aromatic rings. The molecule has 0 bridgehead atoms. The van der Waals surface area contributed by atoms with Crippen LogP contribution >= 0.6 is 11.3 Å².